The van der Waals surface area contributed by atoms with Crippen molar-refractivity contribution in [3.05, 3.63) is 40.1 Å². The summed E-state index contributed by atoms with van der Waals surface area (Å²) in [6.45, 7) is 3.65. The molecule has 1 aliphatic rings. The second-order valence-electron chi connectivity index (χ2n) is 4.50. The van der Waals surface area contributed by atoms with E-state index in [-0.39, 0.29) is 18.3 Å². The summed E-state index contributed by atoms with van der Waals surface area (Å²) >= 11 is 5.96. The molecule has 0 saturated carbocycles. The quantitative estimate of drug-likeness (QED) is 0.740. The molecule has 1 heterocycles. The molecule has 1 atom stereocenters. The number of esters is 1. The fourth-order valence-electron chi connectivity index (χ4n) is 2.14. The minimum absolute atomic E-state index is 0.0163. The number of phenols is 1. The molecule has 112 valence electrons. The van der Waals surface area contributed by atoms with Gasteiger partial charge in [-0.2, -0.15) is 0 Å². The molecule has 0 spiro atoms. The topological polar surface area (TPSA) is 96.9 Å². The molecule has 0 aliphatic carbocycles. The van der Waals surface area contributed by atoms with Gasteiger partial charge in [0.25, 0.3) is 0 Å². The number of nitrogens with two attached hydrogens (primary N) is 1. The van der Waals surface area contributed by atoms with Gasteiger partial charge < -0.3 is 20.9 Å². The Morgan fingerprint density at radius 3 is 2.95 bits per heavy atom. The van der Waals surface area contributed by atoms with Gasteiger partial charge in [0, 0.05) is 16.3 Å². The van der Waals surface area contributed by atoms with E-state index in [0.29, 0.717) is 21.9 Å². The zero-order valence-electron chi connectivity index (χ0n) is 11.7. The van der Waals surface area contributed by atoms with Gasteiger partial charge in [-0.05, 0) is 32.0 Å². The smallest absolute Gasteiger partial charge is 0.338 e. The van der Waals surface area contributed by atoms with Gasteiger partial charge in [0.05, 0.1) is 12.2 Å². The average Bonchev–Trinajstić information content (AvgIpc) is 2.40. The van der Waals surface area contributed by atoms with Crippen LogP contribution in [0.3, 0.4) is 0 Å². The van der Waals surface area contributed by atoms with E-state index < -0.39 is 12.0 Å². The maximum Gasteiger partial charge on any atom is 0.338 e. The Bertz CT molecular complexity index is 640. The van der Waals surface area contributed by atoms with Gasteiger partial charge in [-0.25, -0.2) is 9.79 Å². The lowest BCUT2D eigenvalue weighted by Crippen LogP contribution is -2.37. The van der Waals surface area contributed by atoms with E-state index in [4.69, 9.17) is 22.1 Å². The summed E-state index contributed by atoms with van der Waals surface area (Å²) in [6.07, 6.45) is 0. The zero-order chi connectivity index (χ0) is 15.6. The SMILES string of the molecule is CCOC(=O)C1=C(C)NC(N)=NC1c1cc(Cl)ccc1O. The van der Waals surface area contributed by atoms with Crippen LogP contribution in [0.1, 0.15) is 25.5 Å². The Labute approximate surface area is 127 Å². The molecule has 2 rings (SSSR count). The van der Waals surface area contributed by atoms with Crippen LogP contribution in [-0.2, 0) is 9.53 Å². The van der Waals surface area contributed by atoms with Gasteiger partial charge in [0.2, 0.25) is 0 Å². The standard InChI is InChI=1S/C14H16ClN3O3/c1-3-21-13(20)11-7(2)17-14(16)18-12(11)9-6-8(15)4-5-10(9)19/h4-6,12,19H,3H2,1-2H3,(H3,16,17,18). The van der Waals surface area contributed by atoms with Crippen LogP contribution in [-0.4, -0.2) is 23.6 Å². The number of halogens is 1. The summed E-state index contributed by atoms with van der Waals surface area (Å²) < 4.78 is 5.05. The average molecular weight is 310 g/mol. The number of nitrogens with one attached hydrogen (secondary N) is 1. The van der Waals surface area contributed by atoms with E-state index in [1.165, 1.54) is 6.07 Å². The highest BCUT2D eigenvalue weighted by Gasteiger charge is 2.31. The first kappa shape index (κ1) is 15.2. The Hall–Kier alpha value is -2.21. The number of hydrogen-bond acceptors (Lipinski definition) is 6. The molecule has 0 saturated heterocycles. The predicted molar refractivity (Wildman–Crippen MR) is 79.9 cm³/mol. The third kappa shape index (κ3) is 3.11. The van der Waals surface area contributed by atoms with Crippen LogP contribution in [0.15, 0.2) is 34.5 Å². The summed E-state index contributed by atoms with van der Waals surface area (Å²) in [5.41, 5.74) is 6.94. The minimum Gasteiger partial charge on any atom is -0.508 e. The summed E-state index contributed by atoms with van der Waals surface area (Å²) in [5, 5.41) is 13.2. The second-order valence-corrected chi connectivity index (χ2v) is 4.94. The number of benzene rings is 1. The molecular formula is C14H16ClN3O3. The highest BCUT2D eigenvalue weighted by molar-refractivity contribution is 6.30. The van der Waals surface area contributed by atoms with Crippen LogP contribution < -0.4 is 11.1 Å². The highest BCUT2D eigenvalue weighted by atomic mass is 35.5. The van der Waals surface area contributed by atoms with Crippen molar-refractivity contribution in [1.82, 2.24) is 5.32 Å². The molecule has 4 N–H and O–H groups in total. The number of aromatic hydroxyl groups is 1. The van der Waals surface area contributed by atoms with Crippen molar-refractivity contribution in [2.24, 2.45) is 10.7 Å². The number of guanidine groups is 1. The Kier molecular flexibility index (Phi) is 4.37. The monoisotopic (exact) mass is 309 g/mol. The summed E-state index contributed by atoms with van der Waals surface area (Å²) in [5.74, 6) is -0.370. The Morgan fingerprint density at radius 1 is 1.57 bits per heavy atom. The molecule has 1 aliphatic heterocycles. The number of rotatable bonds is 3. The summed E-state index contributed by atoms with van der Waals surface area (Å²) in [7, 11) is 0. The fourth-order valence-corrected chi connectivity index (χ4v) is 2.32. The zero-order valence-corrected chi connectivity index (χ0v) is 12.4. The van der Waals surface area contributed by atoms with E-state index in [1.807, 2.05) is 0 Å². The molecule has 6 nitrogen and oxygen atoms in total. The lowest BCUT2D eigenvalue weighted by molar-refractivity contribution is -0.138. The molecule has 21 heavy (non-hydrogen) atoms. The summed E-state index contributed by atoms with van der Waals surface area (Å²) in [6, 6.07) is 3.79. The Balaban J connectivity index is 2.53. The van der Waals surface area contributed by atoms with Crippen molar-refractivity contribution in [1.29, 1.82) is 0 Å². The van der Waals surface area contributed by atoms with Gasteiger partial charge in [0.15, 0.2) is 5.96 Å². The van der Waals surface area contributed by atoms with Gasteiger partial charge in [-0.1, -0.05) is 11.6 Å². The molecule has 0 fully saturated rings. The first-order chi connectivity index (χ1) is 9.93. The molecule has 0 amide bonds. The molecule has 0 bridgehead atoms. The largest absolute Gasteiger partial charge is 0.508 e. The molecule has 1 unspecified atom stereocenters. The van der Waals surface area contributed by atoms with Crippen LogP contribution in [0.4, 0.5) is 0 Å². The number of aliphatic imine (C=N–C) groups is 1. The van der Waals surface area contributed by atoms with Crippen LogP contribution >= 0.6 is 11.6 Å². The molecule has 1 aromatic carbocycles. The van der Waals surface area contributed by atoms with Crippen molar-refractivity contribution in [2.75, 3.05) is 6.61 Å². The Morgan fingerprint density at radius 2 is 2.29 bits per heavy atom. The highest BCUT2D eigenvalue weighted by Crippen LogP contribution is 2.37. The second kappa shape index (κ2) is 6.05. The van der Waals surface area contributed by atoms with Gasteiger partial charge in [0.1, 0.15) is 11.8 Å². The van der Waals surface area contributed by atoms with E-state index >= 15 is 0 Å². The number of phenolic OH excluding ortho intramolecular Hbond substituents is 1. The van der Waals surface area contributed by atoms with Crippen LogP contribution in [0, 0.1) is 0 Å². The maximum absolute atomic E-state index is 12.2. The molecule has 0 aromatic heterocycles. The van der Waals surface area contributed by atoms with Gasteiger partial charge in [-0.15, -0.1) is 0 Å². The first-order valence-electron chi connectivity index (χ1n) is 6.40. The van der Waals surface area contributed by atoms with Crippen LogP contribution in [0.5, 0.6) is 5.75 Å². The number of carbonyl (C=O) groups excluding carboxylic acids is 1. The molecule has 7 heteroatoms. The number of nitrogens with zero attached hydrogens (tertiary/aromatic N) is 1. The molecule has 1 aromatic rings. The van der Waals surface area contributed by atoms with Crippen LogP contribution in [0.25, 0.3) is 0 Å². The molecular weight excluding hydrogens is 294 g/mol. The van der Waals surface area contributed by atoms with Crippen molar-refractivity contribution in [2.45, 2.75) is 19.9 Å². The lowest BCUT2D eigenvalue weighted by atomic mass is 9.95. The number of hydrogen-bond donors (Lipinski definition) is 3. The number of allylic oxidation sites excluding steroid dienone is 1. The minimum atomic E-state index is -0.760. The van der Waals surface area contributed by atoms with Crippen molar-refractivity contribution in [3.8, 4) is 5.75 Å². The van der Waals surface area contributed by atoms with Gasteiger partial charge in [-0.3, -0.25) is 0 Å². The van der Waals surface area contributed by atoms with E-state index in [1.54, 1.807) is 26.0 Å². The van der Waals surface area contributed by atoms with Gasteiger partial charge >= 0.3 is 5.97 Å². The lowest BCUT2D eigenvalue weighted by Gasteiger charge is -2.25. The van der Waals surface area contributed by atoms with Crippen molar-refractivity contribution >= 4 is 23.5 Å². The third-order valence-electron chi connectivity index (χ3n) is 3.04. The van der Waals surface area contributed by atoms with E-state index in [0.717, 1.165) is 0 Å². The number of carbonyl (C=O) groups is 1. The number of ether oxygens (including phenoxy) is 1. The third-order valence-corrected chi connectivity index (χ3v) is 3.28. The fraction of sp³-hybridized carbons (Fsp3) is 0.286. The van der Waals surface area contributed by atoms with Crippen molar-refractivity contribution < 1.29 is 14.6 Å². The predicted octanol–water partition coefficient (Wildman–Crippen LogP) is 1.84. The van der Waals surface area contributed by atoms with E-state index in [2.05, 4.69) is 10.3 Å². The molecule has 0 radical (unpaired) electrons. The maximum atomic E-state index is 12.2. The van der Waals surface area contributed by atoms with Crippen molar-refractivity contribution in [3.63, 3.8) is 0 Å². The van der Waals surface area contributed by atoms with Crippen LogP contribution in [0.2, 0.25) is 5.02 Å². The summed E-state index contributed by atoms with van der Waals surface area (Å²) in [4.78, 5) is 16.3. The normalized spacial score (nSPS) is 18.0. The first-order valence-corrected chi connectivity index (χ1v) is 6.78. The van der Waals surface area contributed by atoms with E-state index in [9.17, 15) is 9.90 Å².